The van der Waals surface area contributed by atoms with Crippen LogP contribution in [0.25, 0.3) is 10.4 Å². The molecule has 0 unspecified atom stereocenters. The fraction of sp³-hybridized carbons (Fsp3) is 0.167. The van der Waals surface area contributed by atoms with Crippen molar-refractivity contribution in [2.24, 2.45) is 5.11 Å². The molecule has 0 amide bonds. The number of hydrogen-bond acceptors (Lipinski definition) is 4. The van der Waals surface area contributed by atoms with Crippen molar-refractivity contribution in [2.75, 3.05) is 0 Å². The third kappa shape index (κ3) is 1.68. The van der Waals surface area contributed by atoms with E-state index in [0.717, 1.165) is 0 Å². The summed E-state index contributed by atoms with van der Waals surface area (Å²) in [5.41, 5.74) is 8.87. The molecule has 0 fully saturated rings. The smallest absolute Gasteiger partial charge is 0.217 e. The lowest BCUT2D eigenvalue weighted by atomic mass is 10.3. The zero-order chi connectivity index (χ0) is 8.97. The highest BCUT2D eigenvalue weighted by atomic mass is 15.2. The summed E-state index contributed by atoms with van der Waals surface area (Å²) in [4.78, 5) is 9.95. The van der Waals surface area contributed by atoms with Crippen molar-refractivity contribution in [1.82, 2.24) is 9.97 Å². The molecule has 0 radical (unpaired) electrons. The Labute approximate surface area is 68.1 Å². The molecule has 0 aliphatic rings. The van der Waals surface area contributed by atoms with Gasteiger partial charge in [-0.1, -0.05) is 0 Å². The average molecular weight is 160 g/mol. The average Bonchev–Trinajstić information content (AvgIpc) is 2.04. The van der Waals surface area contributed by atoms with Gasteiger partial charge in [0.1, 0.15) is 11.8 Å². The van der Waals surface area contributed by atoms with Crippen LogP contribution >= 0.6 is 0 Å². The Morgan fingerprint density at radius 1 is 1.67 bits per heavy atom. The molecule has 0 saturated heterocycles. The SMILES string of the molecule is Cc1cc(C#N)nc(N=[N+]=[N-])n1. The van der Waals surface area contributed by atoms with E-state index >= 15 is 0 Å². The quantitative estimate of drug-likeness (QED) is 0.354. The van der Waals surface area contributed by atoms with Gasteiger partial charge in [0.2, 0.25) is 5.95 Å². The molecule has 0 bridgehead atoms. The second-order valence-corrected chi connectivity index (χ2v) is 2.00. The van der Waals surface area contributed by atoms with Gasteiger partial charge in [0.15, 0.2) is 0 Å². The van der Waals surface area contributed by atoms with Crippen LogP contribution in [0.1, 0.15) is 11.4 Å². The van der Waals surface area contributed by atoms with E-state index in [0.29, 0.717) is 5.69 Å². The second kappa shape index (κ2) is 3.32. The minimum absolute atomic E-state index is 0.0194. The van der Waals surface area contributed by atoms with E-state index in [1.807, 2.05) is 6.07 Å². The number of nitrogens with zero attached hydrogens (tertiary/aromatic N) is 6. The van der Waals surface area contributed by atoms with Crippen molar-refractivity contribution in [2.45, 2.75) is 6.92 Å². The van der Waals surface area contributed by atoms with E-state index < -0.39 is 0 Å². The van der Waals surface area contributed by atoms with Crippen LogP contribution in [0.2, 0.25) is 0 Å². The zero-order valence-corrected chi connectivity index (χ0v) is 6.26. The van der Waals surface area contributed by atoms with Crippen LogP contribution in [0.15, 0.2) is 11.2 Å². The lowest BCUT2D eigenvalue weighted by Crippen LogP contribution is -1.88. The molecule has 0 spiro atoms. The van der Waals surface area contributed by atoms with Gasteiger partial charge < -0.3 is 0 Å². The van der Waals surface area contributed by atoms with Gasteiger partial charge in [-0.3, -0.25) is 0 Å². The fourth-order valence-corrected chi connectivity index (χ4v) is 0.695. The molecular weight excluding hydrogens is 156 g/mol. The Kier molecular flexibility index (Phi) is 2.21. The van der Waals surface area contributed by atoms with Crippen molar-refractivity contribution in [3.8, 4) is 6.07 Å². The molecule has 6 heteroatoms. The number of nitriles is 1. The zero-order valence-electron chi connectivity index (χ0n) is 6.26. The van der Waals surface area contributed by atoms with Crippen LogP contribution in [0.4, 0.5) is 5.95 Å². The van der Waals surface area contributed by atoms with Gasteiger partial charge in [-0.2, -0.15) is 5.26 Å². The molecule has 0 aliphatic carbocycles. The van der Waals surface area contributed by atoms with Gasteiger partial charge in [0.05, 0.1) is 0 Å². The Hall–Kier alpha value is -2.12. The Balaban J connectivity index is 3.25. The maximum Gasteiger partial charge on any atom is 0.217 e. The molecule has 0 aliphatic heterocycles. The molecule has 1 rings (SSSR count). The summed E-state index contributed by atoms with van der Waals surface area (Å²) in [5.74, 6) is -0.0194. The number of aryl methyl sites for hydroxylation is 1. The van der Waals surface area contributed by atoms with Crippen LogP contribution in [-0.4, -0.2) is 9.97 Å². The first-order valence-corrected chi connectivity index (χ1v) is 3.07. The summed E-state index contributed by atoms with van der Waals surface area (Å²) in [6.45, 7) is 1.69. The summed E-state index contributed by atoms with van der Waals surface area (Å²) in [5, 5.41) is 11.7. The lowest BCUT2D eigenvalue weighted by Gasteiger charge is -1.93. The van der Waals surface area contributed by atoms with Gasteiger partial charge in [0.25, 0.3) is 0 Å². The highest BCUT2D eigenvalue weighted by Gasteiger charge is 1.97. The van der Waals surface area contributed by atoms with E-state index in [1.54, 1.807) is 6.92 Å². The molecule has 1 aromatic heterocycles. The molecule has 1 aromatic rings. The predicted octanol–water partition coefficient (Wildman–Crippen LogP) is 1.60. The predicted molar refractivity (Wildman–Crippen MR) is 40.3 cm³/mol. The van der Waals surface area contributed by atoms with Crippen molar-refractivity contribution in [3.05, 3.63) is 27.9 Å². The third-order valence-corrected chi connectivity index (χ3v) is 1.09. The monoisotopic (exact) mass is 160 g/mol. The minimum Gasteiger partial charge on any atom is -0.232 e. The van der Waals surface area contributed by atoms with Crippen molar-refractivity contribution >= 4 is 5.95 Å². The molecule has 0 aromatic carbocycles. The van der Waals surface area contributed by atoms with Gasteiger partial charge in [-0.15, -0.1) is 0 Å². The maximum absolute atomic E-state index is 8.48. The minimum atomic E-state index is -0.0194. The topological polar surface area (TPSA) is 98.3 Å². The first-order chi connectivity index (χ1) is 5.76. The van der Waals surface area contributed by atoms with E-state index in [2.05, 4.69) is 20.0 Å². The van der Waals surface area contributed by atoms with Crippen LogP contribution in [0.3, 0.4) is 0 Å². The van der Waals surface area contributed by atoms with Gasteiger partial charge >= 0.3 is 0 Å². The summed E-state index contributed by atoms with van der Waals surface area (Å²) in [7, 11) is 0. The van der Waals surface area contributed by atoms with E-state index in [1.165, 1.54) is 6.07 Å². The summed E-state index contributed by atoms with van der Waals surface area (Å²) in [6.07, 6.45) is 0. The summed E-state index contributed by atoms with van der Waals surface area (Å²) in [6, 6.07) is 3.34. The Bertz CT molecular complexity index is 384. The van der Waals surface area contributed by atoms with Crippen LogP contribution in [-0.2, 0) is 0 Å². The highest BCUT2D eigenvalue weighted by Crippen LogP contribution is 2.06. The highest BCUT2D eigenvalue weighted by molar-refractivity contribution is 5.28. The first-order valence-electron chi connectivity index (χ1n) is 3.07. The van der Waals surface area contributed by atoms with Crippen molar-refractivity contribution in [1.29, 1.82) is 5.26 Å². The number of aromatic nitrogens is 2. The van der Waals surface area contributed by atoms with Gasteiger partial charge in [-0.05, 0) is 23.6 Å². The van der Waals surface area contributed by atoms with Crippen LogP contribution in [0.5, 0.6) is 0 Å². The van der Waals surface area contributed by atoms with Crippen molar-refractivity contribution < 1.29 is 0 Å². The van der Waals surface area contributed by atoms with E-state index in [-0.39, 0.29) is 11.6 Å². The van der Waals surface area contributed by atoms with E-state index in [9.17, 15) is 0 Å². The fourth-order valence-electron chi connectivity index (χ4n) is 0.695. The van der Waals surface area contributed by atoms with Gasteiger partial charge in [0, 0.05) is 10.6 Å². The molecule has 1 heterocycles. The van der Waals surface area contributed by atoms with Crippen LogP contribution < -0.4 is 0 Å². The number of hydrogen-bond donors (Lipinski definition) is 0. The third-order valence-electron chi connectivity index (χ3n) is 1.09. The summed E-state index contributed by atoms with van der Waals surface area (Å²) < 4.78 is 0. The molecule has 0 atom stereocenters. The van der Waals surface area contributed by atoms with Crippen molar-refractivity contribution in [3.63, 3.8) is 0 Å². The molecule has 12 heavy (non-hydrogen) atoms. The van der Waals surface area contributed by atoms with Gasteiger partial charge in [-0.25, -0.2) is 9.97 Å². The Morgan fingerprint density at radius 3 is 3.00 bits per heavy atom. The normalized spacial score (nSPS) is 8.33. The number of rotatable bonds is 1. The number of azide groups is 1. The maximum atomic E-state index is 8.48. The molecule has 0 N–H and O–H groups in total. The van der Waals surface area contributed by atoms with Crippen LogP contribution in [0, 0.1) is 18.3 Å². The van der Waals surface area contributed by atoms with E-state index in [4.69, 9.17) is 10.8 Å². The standard InChI is InChI=1S/C6H4N6/c1-4-2-5(3-7)10-6(9-4)11-12-8/h2H,1H3. The first kappa shape index (κ1) is 7.98. The summed E-state index contributed by atoms with van der Waals surface area (Å²) >= 11 is 0. The molecule has 58 valence electrons. The largest absolute Gasteiger partial charge is 0.232 e. The molecule has 0 saturated carbocycles. The molecular formula is C6H4N6. The second-order valence-electron chi connectivity index (χ2n) is 2.00. The lowest BCUT2D eigenvalue weighted by molar-refractivity contribution is 1.06. The Morgan fingerprint density at radius 2 is 2.42 bits per heavy atom. The molecule has 6 nitrogen and oxygen atoms in total.